The van der Waals surface area contributed by atoms with Gasteiger partial charge in [0, 0.05) is 11.0 Å². The van der Waals surface area contributed by atoms with Crippen molar-refractivity contribution in [3.05, 3.63) is 35.9 Å². The zero-order chi connectivity index (χ0) is 13.0. The first-order valence-corrected chi connectivity index (χ1v) is 6.22. The molecule has 0 saturated heterocycles. The van der Waals surface area contributed by atoms with Gasteiger partial charge >= 0.3 is 5.97 Å². The van der Waals surface area contributed by atoms with Crippen molar-refractivity contribution in [1.82, 2.24) is 0 Å². The summed E-state index contributed by atoms with van der Waals surface area (Å²) in [5, 5.41) is 8.86. The molecule has 1 aliphatic carbocycles. The van der Waals surface area contributed by atoms with Crippen molar-refractivity contribution in [2.24, 2.45) is 5.41 Å². The number of allylic oxidation sites excluding steroid dienone is 1. The van der Waals surface area contributed by atoms with Gasteiger partial charge in [0.25, 0.3) is 0 Å². The average molecular weight is 246 g/mol. The lowest BCUT2D eigenvalue weighted by molar-refractivity contribution is -0.138. The fourth-order valence-electron chi connectivity index (χ4n) is 2.03. The van der Waals surface area contributed by atoms with Crippen molar-refractivity contribution in [2.75, 3.05) is 6.61 Å². The standard InChI is InChI=1S/C15H18O3/c1-2-5-12-6-3-4-7-13(12)18-11-15(8-9-15)10-14(16)17/h2-7H,8-11H2,1H3,(H,16,17). The molecule has 2 rings (SSSR count). The molecule has 1 aromatic carbocycles. The van der Waals surface area contributed by atoms with Gasteiger partial charge < -0.3 is 9.84 Å². The summed E-state index contributed by atoms with van der Waals surface area (Å²) in [6.07, 6.45) is 6.06. The maximum Gasteiger partial charge on any atom is 0.304 e. The third-order valence-corrected chi connectivity index (χ3v) is 3.28. The van der Waals surface area contributed by atoms with Gasteiger partial charge in [0.05, 0.1) is 13.0 Å². The second-order valence-corrected chi connectivity index (χ2v) is 4.90. The van der Waals surface area contributed by atoms with Crippen molar-refractivity contribution < 1.29 is 14.6 Å². The number of carbonyl (C=O) groups is 1. The second-order valence-electron chi connectivity index (χ2n) is 4.90. The third kappa shape index (κ3) is 3.13. The van der Waals surface area contributed by atoms with Gasteiger partial charge in [-0.2, -0.15) is 0 Å². The van der Waals surface area contributed by atoms with Crippen LogP contribution in [0.3, 0.4) is 0 Å². The first-order valence-electron chi connectivity index (χ1n) is 6.22. The number of carboxylic acids is 1. The molecule has 1 N–H and O–H groups in total. The van der Waals surface area contributed by atoms with E-state index in [9.17, 15) is 4.79 Å². The lowest BCUT2D eigenvalue weighted by Gasteiger charge is -2.15. The molecule has 0 radical (unpaired) electrons. The Morgan fingerprint density at radius 3 is 2.78 bits per heavy atom. The summed E-state index contributed by atoms with van der Waals surface area (Å²) in [6.45, 7) is 2.46. The monoisotopic (exact) mass is 246 g/mol. The Hall–Kier alpha value is -1.77. The normalized spacial score (nSPS) is 16.7. The molecule has 96 valence electrons. The van der Waals surface area contributed by atoms with Crippen molar-refractivity contribution in [2.45, 2.75) is 26.2 Å². The van der Waals surface area contributed by atoms with Crippen molar-refractivity contribution in [3.63, 3.8) is 0 Å². The van der Waals surface area contributed by atoms with Crippen LogP contribution in [0, 0.1) is 5.41 Å². The fraction of sp³-hybridized carbons (Fsp3) is 0.400. The van der Waals surface area contributed by atoms with E-state index in [-0.39, 0.29) is 11.8 Å². The molecular formula is C15H18O3. The Morgan fingerprint density at radius 1 is 1.44 bits per heavy atom. The summed E-state index contributed by atoms with van der Waals surface area (Å²) in [6, 6.07) is 7.81. The Labute approximate surface area is 107 Å². The number of rotatable bonds is 6. The Bertz CT molecular complexity index is 459. The van der Waals surface area contributed by atoms with Crippen molar-refractivity contribution in [1.29, 1.82) is 0 Å². The van der Waals surface area contributed by atoms with Crippen LogP contribution in [0.1, 0.15) is 31.7 Å². The smallest absolute Gasteiger partial charge is 0.304 e. The second kappa shape index (κ2) is 5.25. The minimum Gasteiger partial charge on any atom is -0.492 e. The fourth-order valence-corrected chi connectivity index (χ4v) is 2.03. The molecule has 0 amide bonds. The van der Waals surface area contributed by atoms with Crippen LogP contribution in [-0.2, 0) is 4.79 Å². The molecule has 0 atom stereocenters. The summed E-state index contributed by atoms with van der Waals surface area (Å²) in [5.41, 5.74) is 0.903. The lowest BCUT2D eigenvalue weighted by Crippen LogP contribution is -2.17. The zero-order valence-corrected chi connectivity index (χ0v) is 10.6. The van der Waals surface area contributed by atoms with Crippen molar-refractivity contribution in [3.8, 4) is 5.75 Å². The summed E-state index contributed by atoms with van der Waals surface area (Å²) < 4.78 is 5.80. The molecule has 0 spiro atoms. The molecule has 3 nitrogen and oxygen atoms in total. The van der Waals surface area contributed by atoms with E-state index < -0.39 is 5.97 Å². The number of carboxylic acid groups (broad SMARTS) is 1. The largest absolute Gasteiger partial charge is 0.492 e. The SMILES string of the molecule is CC=Cc1ccccc1OCC1(CC(=O)O)CC1. The molecule has 0 aromatic heterocycles. The van der Waals surface area contributed by atoms with Gasteiger partial charge in [0.1, 0.15) is 5.75 Å². The Balaban J connectivity index is 2.00. The van der Waals surface area contributed by atoms with Crippen LogP contribution in [0.15, 0.2) is 30.3 Å². The van der Waals surface area contributed by atoms with Gasteiger partial charge in [-0.1, -0.05) is 30.4 Å². The molecule has 0 heterocycles. The Kier molecular flexibility index (Phi) is 3.70. The maximum atomic E-state index is 10.8. The van der Waals surface area contributed by atoms with Crippen molar-refractivity contribution >= 4 is 12.0 Å². The summed E-state index contributed by atoms with van der Waals surface area (Å²) in [7, 11) is 0. The highest BCUT2D eigenvalue weighted by Crippen LogP contribution is 2.49. The van der Waals surface area contributed by atoms with Crippen LogP contribution < -0.4 is 4.74 Å². The molecule has 18 heavy (non-hydrogen) atoms. The van der Waals surface area contributed by atoms with E-state index in [0.717, 1.165) is 24.2 Å². The van der Waals surface area contributed by atoms with E-state index in [2.05, 4.69) is 0 Å². The van der Waals surface area contributed by atoms with Crippen LogP contribution in [0.5, 0.6) is 5.75 Å². The van der Waals surface area contributed by atoms with Gasteiger partial charge in [0.15, 0.2) is 0 Å². The highest BCUT2D eigenvalue weighted by atomic mass is 16.5. The number of benzene rings is 1. The number of ether oxygens (including phenoxy) is 1. The van der Waals surface area contributed by atoms with Crippen LogP contribution >= 0.6 is 0 Å². The van der Waals surface area contributed by atoms with Gasteiger partial charge in [-0.15, -0.1) is 0 Å². The molecular weight excluding hydrogens is 228 g/mol. The predicted octanol–water partition coefficient (Wildman–Crippen LogP) is 3.35. The maximum absolute atomic E-state index is 10.8. The minimum atomic E-state index is -0.738. The molecule has 3 heteroatoms. The van der Waals surface area contributed by atoms with Crippen LogP contribution in [0.25, 0.3) is 6.08 Å². The Morgan fingerprint density at radius 2 is 2.17 bits per heavy atom. The van der Waals surface area contributed by atoms with Gasteiger partial charge in [-0.05, 0) is 25.8 Å². The topological polar surface area (TPSA) is 46.5 Å². The van der Waals surface area contributed by atoms with Gasteiger partial charge in [0.2, 0.25) is 0 Å². The molecule has 0 aliphatic heterocycles. The molecule has 1 aromatic rings. The highest BCUT2D eigenvalue weighted by molar-refractivity contribution is 5.68. The van der Waals surface area contributed by atoms with Gasteiger partial charge in [-0.3, -0.25) is 4.79 Å². The number of aliphatic carboxylic acids is 1. The first kappa shape index (κ1) is 12.7. The zero-order valence-electron chi connectivity index (χ0n) is 10.6. The minimum absolute atomic E-state index is 0.130. The lowest BCUT2D eigenvalue weighted by atomic mass is 10.0. The summed E-state index contributed by atoms with van der Waals surface area (Å²) in [4.78, 5) is 10.8. The van der Waals surface area contributed by atoms with E-state index in [4.69, 9.17) is 9.84 Å². The summed E-state index contributed by atoms with van der Waals surface area (Å²) >= 11 is 0. The first-order chi connectivity index (χ1) is 8.65. The van der Waals surface area contributed by atoms with E-state index in [1.54, 1.807) is 0 Å². The highest BCUT2D eigenvalue weighted by Gasteiger charge is 2.45. The number of hydrogen-bond donors (Lipinski definition) is 1. The predicted molar refractivity (Wildman–Crippen MR) is 70.6 cm³/mol. The van der Waals surface area contributed by atoms with Crippen LogP contribution in [-0.4, -0.2) is 17.7 Å². The van der Waals surface area contributed by atoms with Crippen LogP contribution in [0.4, 0.5) is 0 Å². The quantitative estimate of drug-likeness (QED) is 0.837. The van der Waals surface area contributed by atoms with E-state index in [1.165, 1.54) is 0 Å². The average Bonchev–Trinajstić information content (AvgIpc) is 3.08. The molecule has 0 unspecified atom stereocenters. The van der Waals surface area contributed by atoms with E-state index >= 15 is 0 Å². The summed E-state index contributed by atoms with van der Waals surface area (Å²) in [5.74, 6) is 0.0881. The molecule has 0 bridgehead atoms. The molecule has 1 saturated carbocycles. The molecule has 1 aliphatic rings. The number of hydrogen-bond acceptors (Lipinski definition) is 2. The van der Waals surface area contributed by atoms with E-state index in [0.29, 0.717) is 6.61 Å². The number of para-hydroxylation sites is 1. The van der Waals surface area contributed by atoms with E-state index in [1.807, 2.05) is 43.3 Å². The third-order valence-electron chi connectivity index (χ3n) is 3.28. The van der Waals surface area contributed by atoms with Gasteiger partial charge in [-0.25, -0.2) is 0 Å². The van der Waals surface area contributed by atoms with Crippen LogP contribution in [0.2, 0.25) is 0 Å². The molecule has 1 fully saturated rings.